The second-order valence-corrected chi connectivity index (χ2v) is 8.22. The molecular weight excluding hydrogens is 406 g/mol. The van der Waals surface area contributed by atoms with Gasteiger partial charge in [-0.15, -0.1) is 0 Å². The lowest BCUT2D eigenvalue weighted by Gasteiger charge is -2.26. The molecule has 0 saturated carbocycles. The van der Waals surface area contributed by atoms with E-state index in [-0.39, 0.29) is 34.5 Å². The third-order valence-electron chi connectivity index (χ3n) is 4.08. The van der Waals surface area contributed by atoms with Crippen LogP contribution in [-0.4, -0.2) is 56.5 Å². The Bertz CT molecular complexity index is 961. The second-order valence-electron chi connectivity index (χ2n) is 5.90. The summed E-state index contributed by atoms with van der Waals surface area (Å²) in [5.41, 5.74) is 0.546. The van der Waals surface area contributed by atoms with Crippen molar-refractivity contribution in [2.45, 2.75) is 11.8 Å². The van der Waals surface area contributed by atoms with Gasteiger partial charge in [-0.05, 0) is 37.3 Å². The zero-order chi connectivity index (χ0) is 20.1. The van der Waals surface area contributed by atoms with Crippen LogP contribution in [0.2, 0.25) is 5.02 Å². The molecule has 8 nitrogen and oxygen atoms in total. The van der Waals surface area contributed by atoms with Crippen LogP contribution >= 0.6 is 11.6 Å². The molecule has 1 fully saturated rings. The molecule has 1 aliphatic rings. The third-order valence-corrected chi connectivity index (χ3v) is 6.46. The first kappa shape index (κ1) is 20.5. The largest absolute Gasteiger partial charge is 0.476 e. The number of pyridine rings is 1. The number of carbonyl (C=O) groups excluding carboxylic acids is 1. The van der Waals surface area contributed by atoms with E-state index in [1.165, 1.54) is 22.5 Å². The van der Waals surface area contributed by atoms with Crippen molar-refractivity contribution in [1.82, 2.24) is 9.29 Å². The number of ether oxygens (including phenoxy) is 2. The zero-order valence-corrected chi connectivity index (χ0v) is 16.8. The fourth-order valence-corrected chi connectivity index (χ4v) is 4.61. The van der Waals surface area contributed by atoms with E-state index in [0.717, 1.165) is 0 Å². The minimum atomic E-state index is -3.83. The maximum atomic E-state index is 12.9. The Labute approximate surface area is 168 Å². The van der Waals surface area contributed by atoms with Crippen LogP contribution in [0.25, 0.3) is 0 Å². The van der Waals surface area contributed by atoms with Gasteiger partial charge in [-0.3, -0.25) is 4.79 Å². The van der Waals surface area contributed by atoms with Crippen molar-refractivity contribution < 1.29 is 22.7 Å². The van der Waals surface area contributed by atoms with Gasteiger partial charge in [0.25, 0.3) is 5.91 Å². The molecule has 1 aromatic carbocycles. The smallest absolute Gasteiger partial charge is 0.255 e. The predicted molar refractivity (Wildman–Crippen MR) is 104 cm³/mol. The van der Waals surface area contributed by atoms with Crippen molar-refractivity contribution in [3.05, 3.63) is 47.1 Å². The monoisotopic (exact) mass is 425 g/mol. The number of nitrogens with zero attached hydrogens (tertiary/aromatic N) is 2. The van der Waals surface area contributed by atoms with Crippen LogP contribution in [0.1, 0.15) is 17.3 Å². The van der Waals surface area contributed by atoms with Crippen LogP contribution in [-0.2, 0) is 14.8 Å². The maximum absolute atomic E-state index is 12.9. The van der Waals surface area contributed by atoms with Crippen LogP contribution in [0.3, 0.4) is 0 Å². The van der Waals surface area contributed by atoms with Crippen molar-refractivity contribution in [3.8, 4) is 5.88 Å². The van der Waals surface area contributed by atoms with Crippen LogP contribution < -0.4 is 10.1 Å². The van der Waals surface area contributed by atoms with Gasteiger partial charge in [0.15, 0.2) is 0 Å². The molecule has 0 aliphatic carbocycles. The average molecular weight is 426 g/mol. The van der Waals surface area contributed by atoms with Gasteiger partial charge < -0.3 is 14.8 Å². The summed E-state index contributed by atoms with van der Waals surface area (Å²) in [5.74, 6) is -0.211. The van der Waals surface area contributed by atoms with Crippen molar-refractivity contribution in [3.63, 3.8) is 0 Å². The van der Waals surface area contributed by atoms with E-state index in [0.29, 0.717) is 25.5 Å². The summed E-state index contributed by atoms with van der Waals surface area (Å²) < 4.78 is 37.7. The summed E-state index contributed by atoms with van der Waals surface area (Å²) in [6, 6.07) is 7.45. The van der Waals surface area contributed by atoms with E-state index in [4.69, 9.17) is 21.1 Å². The molecule has 0 bridgehead atoms. The molecule has 0 spiro atoms. The Morgan fingerprint density at radius 2 is 2.07 bits per heavy atom. The van der Waals surface area contributed by atoms with E-state index in [1.54, 1.807) is 18.3 Å². The van der Waals surface area contributed by atoms with Crippen molar-refractivity contribution in [1.29, 1.82) is 0 Å². The van der Waals surface area contributed by atoms with Gasteiger partial charge in [-0.1, -0.05) is 11.6 Å². The minimum Gasteiger partial charge on any atom is -0.476 e. The number of nitrogens with one attached hydrogen (secondary N) is 1. The lowest BCUT2D eigenvalue weighted by Crippen LogP contribution is -2.40. The molecule has 2 aromatic rings. The molecule has 2 heterocycles. The highest BCUT2D eigenvalue weighted by atomic mass is 35.5. The Hall–Kier alpha value is -2.20. The van der Waals surface area contributed by atoms with E-state index in [9.17, 15) is 13.2 Å². The normalized spacial score (nSPS) is 15.2. The maximum Gasteiger partial charge on any atom is 0.255 e. The average Bonchev–Trinajstić information content (AvgIpc) is 2.70. The van der Waals surface area contributed by atoms with Gasteiger partial charge in [0.05, 0.1) is 24.8 Å². The lowest BCUT2D eigenvalue weighted by atomic mass is 10.2. The van der Waals surface area contributed by atoms with Gasteiger partial charge in [0, 0.05) is 24.8 Å². The molecule has 28 heavy (non-hydrogen) atoms. The molecule has 1 amide bonds. The number of amides is 1. The molecule has 3 rings (SSSR count). The number of hydrogen-bond donors (Lipinski definition) is 1. The number of morpholine rings is 1. The molecular formula is C18H20ClN3O5S. The summed E-state index contributed by atoms with van der Waals surface area (Å²) in [5, 5.41) is 2.75. The molecule has 0 atom stereocenters. The standard InChI is InChI=1S/C18H20ClN3O5S/c1-2-27-18-15(4-3-7-20-18)21-17(23)13-5-6-14(19)16(12-13)28(24,25)22-8-10-26-11-9-22/h3-7,12H,2,8-11H2,1H3,(H,21,23). The van der Waals surface area contributed by atoms with Crippen LogP contribution in [0.5, 0.6) is 5.88 Å². The number of anilines is 1. The van der Waals surface area contributed by atoms with Crippen molar-refractivity contribution >= 4 is 33.2 Å². The van der Waals surface area contributed by atoms with Gasteiger partial charge in [0.1, 0.15) is 10.6 Å². The summed E-state index contributed by atoms with van der Waals surface area (Å²) in [6.45, 7) is 3.31. The van der Waals surface area contributed by atoms with Gasteiger partial charge in [-0.25, -0.2) is 13.4 Å². The number of hydrogen-bond acceptors (Lipinski definition) is 6. The fourth-order valence-electron chi connectivity index (χ4n) is 2.70. The van der Waals surface area contributed by atoms with Crippen LogP contribution in [0.15, 0.2) is 41.4 Å². The highest BCUT2D eigenvalue weighted by molar-refractivity contribution is 7.89. The molecule has 1 aromatic heterocycles. The minimum absolute atomic E-state index is 0.0550. The number of rotatable bonds is 6. The number of benzene rings is 1. The number of aromatic nitrogens is 1. The summed E-state index contributed by atoms with van der Waals surface area (Å²) in [6.07, 6.45) is 1.55. The summed E-state index contributed by atoms with van der Waals surface area (Å²) >= 11 is 6.13. The zero-order valence-electron chi connectivity index (χ0n) is 15.2. The van der Waals surface area contributed by atoms with E-state index >= 15 is 0 Å². The Balaban J connectivity index is 1.88. The molecule has 0 unspecified atom stereocenters. The summed E-state index contributed by atoms with van der Waals surface area (Å²) in [4.78, 5) is 16.6. The first-order valence-corrected chi connectivity index (χ1v) is 10.5. The van der Waals surface area contributed by atoms with Crippen LogP contribution in [0, 0.1) is 0 Å². The molecule has 1 N–H and O–H groups in total. The quantitative estimate of drug-likeness (QED) is 0.763. The van der Waals surface area contributed by atoms with Gasteiger partial charge in [-0.2, -0.15) is 4.31 Å². The Morgan fingerprint density at radius 3 is 2.79 bits per heavy atom. The summed E-state index contributed by atoms with van der Waals surface area (Å²) in [7, 11) is -3.83. The van der Waals surface area contributed by atoms with Gasteiger partial charge in [0.2, 0.25) is 15.9 Å². The molecule has 10 heteroatoms. The second kappa shape index (κ2) is 8.87. The number of halogens is 1. The predicted octanol–water partition coefficient (Wildman–Crippen LogP) is 2.41. The highest BCUT2D eigenvalue weighted by Crippen LogP contribution is 2.27. The van der Waals surface area contributed by atoms with E-state index < -0.39 is 15.9 Å². The molecule has 1 aliphatic heterocycles. The number of carbonyl (C=O) groups is 1. The topological polar surface area (TPSA) is 97.8 Å². The first-order chi connectivity index (χ1) is 13.4. The molecule has 150 valence electrons. The Morgan fingerprint density at radius 1 is 1.32 bits per heavy atom. The third kappa shape index (κ3) is 4.44. The first-order valence-electron chi connectivity index (χ1n) is 8.70. The van der Waals surface area contributed by atoms with E-state index in [1.807, 2.05) is 6.92 Å². The molecule has 0 radical (unpaired) electrons. The SMILES string of the molecule is CCOc1ncccc1NC(=O)c1ccc(Cl)c(S(=O)(=O)N2CCOCC2)c1. The highest BCUT2D eigenvalue weighted by Gasteiger charge is 2.29. The van der Waals surface area contributed by atoms with Crippen LogP contribution in [0.4, 0.5) is 5.69 Å². The molecule has 1 saturated heterocycles. The Kier molecular flexibility index (Phi) is 6.50. The van der Waals surface area contributed by atoms with Crippen molar-refractivity contribution in [2.24, 2.45) is 0 Å². The van der Waals surface area contributed by atoms with Crippen molar-refractivity contribution in [2.75, 3.05) is 38.2 Å². The lowest BCUT2D eigenvalue weighted by molar-refractivity contribution is 0.0730. The fraction of sp³-hybridized carbons (Fsp3) is 0.333. The van der Waals surface area contributed by atoms with E-state index in [2.05, 4.69) is 10.3 Å². The number of sulfonamides is 1. The van der Waals surface area contributed by atoms with Gasteiger partial charge >= 0.3 is 0 Å².